The zero-order valence-corrected chi connectivity index (χ0v) is 10.1. The summed E-state index contributed by atoms with van der Waals surface area (Å²) in [5, 5.41) is 5.69. The third-order valence-corrected chi connectivity index (χ3v) is 2.40. The number of hydrogen-bond donors (Lipinski definition) is 2. The Morgan fingerprint density at radius 2 is 2.12 bits per heavy atom. The van der Waals surface area contributed by atoms with E-state index in [-0.39, 0.29) is 18.2 Å². The van der Waals surface area contributed by atoms with Crippen molar-refractivity contribution in [2.45, 2.75) is 38.8 Å². The Balaban J connectivity index is 2.01. The molecule has 1 heterocycles. The molecule has 0 bridgehead atoms. The molecular weight excluding hydrogens is 208 g/mol. The molecule has 5 heteroatoms. The maximum atomic E-state index is 11.4. The summed E-state index contributed by atoms with van der Waals surface area (Å²) >= 11 is 0. The fourth-order valence-electron chi connectivity index (χ4n) is 1.54. The van der Waals surface area contributed by atoms with Crippen molar-refractivity contribution in [2.75, 3.05) is 26.4 Å². The Morgan fingerprint density at radius 1 is 1.44 bits per heavy atom. The molecule has 1 fully saturated rings. The van der Waals surface area contributed by atoms with E-state index in [0.29, 0.717) is 13.2 Å². The number of carbonyl (C=O) groups is 1. The topological polar surface area (TPSA) is 59.6 Å². The van der Waals surface area contributed by atoms with Gasteiger partial charge in [0.15, 0.2) is 0 Å². The number of rotatable bonds is 5. The van der Waals surface area contributed by atoms with Crippen LogP contribution in [0.1, 0.15) is 26.7 Å². The third-order valence-electron chi connectivity index (χ3n) is 2.40. The van der Waals surface area contributed by atoms with Gasteiger partial charge in [-0.15, -0.1) is 0 Å². The summed E-state index contributed by atoms with van der Waals surface area (Å²) in [6.07, 6.45) is 2.01. The van der Waals surface area contributed by atoms with Crippen molar-refractivity contribution in [3.05, 3.63) is 0 Å². The van der Waals surface area contributed by atoms with Gasteiger partial charge in [-0.3, -0.25) is 0 Å². The summed E-state index contributed by atoms with van der Waals surface area (Å²) < 4.78 is 10.5. The molecule has 0 spiro atoms. The molecule has 1 aliphatic rings. The van der Waals surface area contributed by atoms with Crippen LogP contribution in [0.25, 0.3) is 0 Å². The van der Waals surface area contributed by atoms with E-state index in [1.807, 2.05) is 13.8 Å². The lowest BCUT2D eigenvalue weighted by molar-refractivity contribution is 0.0769. The molecule has 1 aliphatic heterocycles. The highest BCUT2D eigenvalue weighted by molar-refractivity contribution is 5.74. The van der Waals surface area contributed by atoms with Gasteiger partial charge in [-0.1, -0.05) is 0 Å². The van der Waals surface area contributed by atoms with Crippen molar-refractivity contribution in [3.8, 4) is 0 Å². The van der Waals surface area contributed by atoms with Gasteiger partial charge in [0.2, 0.25) is 0 Å². The summed E-state index contributed by atoms with van der Waals surface area (Å²) in [5.74, 6) is 0. The van der Waals surface area contributed by atoms with Gasteiger partial charge in [0.25, 0.3) is 0 Å². The van der Waals surface area contributed by atoms with Gasteiger partial charge in [-0.2, -0.15) is 0 Å². The average molecular weight is 230 g/mol. The summed E-state index contributed by atoms with van der Waals surface area (Å²) in [6.45, 7) is 6.53. The van der Waals surface area contributed by atoms with Crippen LogP contribution >= 0.6 is 0 Å². The Morgan fingerprint density at radius 3 is 2.75 bits per heavy atom. The van der Waals surface area contributed by atoms with Gasteiger partial charge in [0, 0.05) is 25.8 Å². The standard InChI is InChI=1S/C11H22N2O3/c1-9(2)16-8-5-12-11(14)13-10-3-6-15-7-4-10/h9-10H,3-8H2,1-2H3,(H2,12,13,14). The summed E-state index contributed by atoms with van der Waals surface area (Å²) in [5.41, 5.74) is 0. The predicted octanol–water partition coefficient (Wildman–Crippen LogP) is 0.890. The summed E-state index contributed by atoms with van der Waals surface area (Å²) in [6, 6.07) is 0.138. The van der Waals surface area contributed by atoms with Gasteiger partial charge in [-0.25, -0.2) is 4.79 Å². The van der Waals surface area contributed by atoms with Crippen LogP contribution < -0.4 is 10.6 Å². The Kier molecular flexibility index (Phi) is 6.18. The van der Waals surface area contributed by atoms with Gasteiger partial charge in [-0.05, 0) is 26.7 Å². The van der Waals surface area contributed by atoms with Crippen molar-refractivity contribution in [1.82, 2.24) is 10.6 Å². The van der Waals surface area contributed by atoms with Crippen molar-refractivity contribution >= 4 is 6.03 Å². The molecule has 0 aliphatic carbocycles. The van der Waals surface area contributed by atoms with Crippen molar-refractivity contribution < 1.29 is 14.3 Å². The number of carbonyl (C=O) groups excluding carboxylic acids is 1. The highest BCUT2D eigenvalue weighted by atomic mass is 16.5. The highest BCUT2D eigenvalue weighted by Gasteiger charge is 2.15. The average Bonchev–Trinajstić information content (AvgIpc) is 2.25. The quantitative estimate of drug-likeness (QED) is 0.690. The second-order valence-electron chi connectivity index (χ2n) is 4.21. The fraction of sp³-hybridized carbons (Fsp3) is 0.909. The van der Waals surface area contributed by atoms with E-state index in [4.69, 9.17) is 9.47 Å². The summed E-state index contributed by atoms with van der Waals surface area (Å²) in [7, 11) is 0. The minimum atomic E-state index is -0.112. The molecule has 0 atom stereocenters. The number of ether oxygens (including phenoxy) is 2. The van der Waals surface area contributed by atoms with E-state index in [0.717, 1.165) is 26.1 Å². The zero-order valence-electron chi connectivity index (χ0n) is 10.1. The Labute approximate surface area is 96.9 Å². The number of nitrogens with one attached hydrogen (secondary N) is 2. The van der Waals surface area contributed by atoms with Crippen LogP contribution in [0.4, 0.5) is 4.79 Å². The first-order valence-corrected chi connectivity index (χ1v) is 5.92. The van der Waals surface area contributed by atoms with Crippen molar-refractivity contribution in [1.29, 1.82) is 0 Å². The molecule has 1 saturated heterocycles. The molecule has 0 unspecified atom stereocenters. The van der Waals surface area contributed by atoms with E-state index in [1.54, 1.807) is 0 Å². The van der Waals surface area contributed by atoms with Crippen LogP contribution in [0, 0.1) is 0 Å². The van der Waals surface area contributed by atoms with Crippen molar-refractivity contribution in [3.63, 3.8) is 0 Å². The van der Waals surface area contributed by atoms with E-state index in [9.17, 15) is 4.79 Å². The fourth-order valence-corrected chi connectivity index (χ4v) is 1.54. The largest absolute Gasteiger partial charge is 0.381 e. The van der Waals surface area contributed by atoms with E-state index in [1.165, 1.54) is 0 Å². The minimum absolute atomic E-state index is 0.112. The Bertz CT molecular complexity index is 203. The predicted molar refractivity (Wildman–Crippen MR) is 61.5 cm³/mol. The molecule has 0 aromatic rings. The molecule has 0 saturated carbocycles. The molecule has 1 rings (SSSR count). The number of hydrogen-bond acceptors (Lipinski definition) is 3. The first-order chi connectivity index (χ1) is 7.68. The normalized spacial score (nSPS) is 17.4. The zero-order chi connectivity index (χ0) is 11.8. The SMILES string of the molecule is CC(C)OCCNC(=O)NC1CCOCC1. The van der Waals surface area contributed by atoms with E-state index < -0.39 is 0 Å². The van der Waals surface area contributed by atoms with Gasteiger partial charge in [0.05, 0.1) is 12.7 Å². The van der Waals surface area contributed by atoms with Crippen LogP contribution in [-0.4, -0.2) is 44.5 Å². The first kappa shape index (κ1) is 13.3. The lowest BCUT2D eigenvalue weighted by Gasteiger charge is -2.23. The smallest absolute Gasteiger partial charge is 0.315 e. The maximum Gasteiger partial charge on any atom is 0.315 e. The third kappa shape index (κ3) is 5.92. The van der Waals surface area contributed by atoms with E-state index in [2.05, 4.69) is 10.6 Å². The van der Waals surface area contributed by atoms with Crippen LogP contribution in [-0.2, 0) is 9.47 Å². The molecule has 2 amide bonds. The van der Waals surface area contributed by atoms with E-state index >= 15 is 0 Å². The molecule has 5 nitrogen and oxygen atoms in total. The lowest BCUT2D eigenvalue weighted by atomic mass is 10.1. The molecule has 16 heavy (non-hydrogen) atoms. The monoisotopic (exact) mass is 230 g/mol. The number of urea groups is 1. The Hall–Kier alpha value is -0.810. The highest BCUT2D eigenvalue weighted by Crippen LogP contribution is 2.05. The molecular formula is C11H22N2O3. The second-order valence-corrected chi connectivity index (χ2v) is 4.21. The molecule has 94 valence electrons. The van der Waals surface area contributed by atoms with Crippen LogP contribution in [0.3, 0.4) is 0 Å². The summed E-state index contributed by atoms with van der Waals surface area (Å²) in [4.78, 5) is 11.4. The molecule has 0 aromatic heterocycles. The van der Waals surface area contributed by atoms with Crippen molar-refractivity contribution in [2.24, 2.45) is 0 Å². The molecule has 0 radical (unpaired) electrons. The van der Waals surface area contributed by atoms with Gasteiger partial charge >= 0.3 is 6.03 Å². The van der Waals surface area contributed by atoms with Crippen LogP contribution in [0.5, 0.6) is 0 Å². The lowest BCUT2D eigenvalue weighted by Crippen LogP contribution is -2.45. The first-order valence-electron chi connectivity index (χ1n) is 5.92. The minimum Gasteiger partial charge on any atom is -0.381 e. The van der Waals surface area contributed by atoms with Gasteiger partial charge in [0.1, 0.15) is 0 Å². The van der Waals surface area contributed by atoms with Gasteiger partial charge < -0.3 is 20.1 Å². The second kappa shape index (κ2) is 7.46. The molecule has 0 aromatic carbocycles. The maximum absolute atomic E-state index is 11.4. The van der Waals surface area contributed by atoms with Crippen LogP contribution in [0.2, 0.25) is 0 Å². The molecule has 2 N–H and O–H groups in total. The van der Waals surface area contributed by atoms with Crippen LogP contribution in [0.15, 0.2) is 0 Å². The number of amides is 2.